The molecule has 0 aliphatic heterocycles. The number of anilines is 1. The van der Waals surface area contributed by atoms with Gasteiger partial charge in [0, 0.05) is 23.9 Å². The molecule has 0 bridgehead atoms. The van der Waals surface area contributed by atoms with Crippen LogP contribution in [-0.2, 0) is 6.54 Å². The van der Waals surface area contributed by atoms with E-state index in [-0.39, 0.29) is 24.8 Å². The zero-order chi connectivity index (χ0) is 22.2. The summed E-state index contributed by atoms with van der Waals surface area (Å²) in [6.07, 6.45) is 3.32. The number of nitrogens with one attached hydrogen (secondary N) is 1. The normalized spacial score (nSPS) is 11.6. The molecule has 1 aromatic heterocycles. The second kappa shape index (κ2) is 10.5. The van der Waals surface area contributed by atoms with E-state index in [0.29, 0.717) is 29.2 Å². The van der Waals surface area contributed by atoms with E-state index in [2.05, 4.69) is 16.9 Å². The fraction of sp³-hybridized carbons (Fsp3) is 0.125. The van der Waals surface area contributed by atoms with Crippen molar-refractivity contribution in [3.63, 3.8) is 0 Å². The summed E-state index contributed by atoms with van der Waals surface area (Å²) in [6, 6.07) is 15.8. The molecule has 0 radical (unpaired) electrons. The van der Waals surface area contributed by atoms with E-state index in [0.717, 1.165) is 11.1 Å². The molecule has 0 saturated carbocycles. The van der Waals surface area contributed by atoms with Gasteiger partial charge in [-0.2, -0.15) is 0 Å². The SMILES string of the molecule is C=C/C(=C(/c1ccc(F)cc1)N(N)CCO)c1ccnc(NCc2ccc(F)cc2)c1. The number of hydrogen-bond donors (Lipinski definition) is 3. The first-order valence-electron chi connectivity index (χ1n) is 9.72. The Morgan fingerprint density at radius 2 is 1.68 bits per heavy atom. The summed E-state index contributed by atoms with van der Waals surface area (Å²) >= 11 is 0. The molecule has 1 heterocycles. The first-order valence-corrected chi connectivity index (χ1v) is 9.72. The van der Waals surface area contributed by atoms with Crippen LogP contribution in [0.4, 0.5) is 14.6 Å². The first kappa shape index (κ1) is 22.1. The molecule has 0 fully saturated rings. The van der Waals surface area contributed by atoms with Crippen LogP contribution in [0, 0.1) is 11.6 Å². The molecule has 31 heavy (non-hydrogen) atoms. The lowest BCUT2D eigenvalue weighted by Crippen LogP contribution is -2.32. The van der Waals surface area contributed by atoms with Gasteiger partial charge in [0.15, 0.2) is 0 Å². The zero-order valence-electron chi connectivity index (χ0n) is 16.9. The maximum atomic E-state index is 13.4. The van der Waals surface area contributed by atoms with E-state index in [1.54, 1.807) is 36.5 Å². The van der Waals surface area contributed by atoms with Gasteiger partial charge in [0.1, 0.15) is 17.5 Å². The summed E-state index contributed by atoms with van der Waals surface area (Å²) in [5, 5.41) is 14.0. The topological polar surface area (TPSA) is 74.4 Å². The van der Waals surface area contributed by atoms with Gasteiger partial charge in [-0.3, -0.25) is 0 Å². The molecule has 3 rings (SSSR count). The van der Waals surface area contributed by atoms with E-state index >= 15 is 0 Å². The molecule has 0 atom stereocenters. The van der Waals surface area contributed by atoms with Crippen LogP contribution in [0.25, 0.3) is 11.3 Å². The molecule has 0 unspecified atom stereocenters. The number of nitrogens with zero attached hydrogens (tertiary/aromatic N) is 2. The Labute approximate surface area is 180 Å². The lowest BCUT2D eigenvalue weighted by atomic mass is 9.99. The summed E-state index contributed by atoms with van der Waals surface area (Å²) in [7, 11) is 0. The predicted octanol–water partition coefficient (Wildman–Crippen LogP) is 4.19. The summed E-state index contributed by atoms with van der Waals surface area (Å²) in [5.41, 5.74) is 3.69. The fourth-order valence-corrected chi connectivity index (χ4v) is 3.14. The number of rotatable bonds is 9. The number of nitrogens with two attached hydrogens (primary N) is 1. The molecular weight excluding hydrogens is 398 g/mol. The van der Waals surface area contributed by atoms with Gasteiger partial charge in [-0.1, -0.05) is 24.8 Å². The van der Waals surface area contributed by atoms with Crippen molar-refractivity contribution in [2.24, 2.45) is 5.84 Å². The highest BCUT2D eigenvalue weighted by Gasteiger charge is 2.15. The number of aliphatic hydroxyl groups is 1. The van der Waals surface area contributed by atoms with Crippen LogP contribution in [0.5, 0.6) is 0 Å². The molecular formula is C24H24F2N4O. The minimum absolute atomic E-state index is 0.146. The maximum absolute atomic E-state index is 13.4. The van der Waals surface area contributed by atoms with Crippen molar-refractivity contribution in [2.75, 3.05) is 18.5 Å². The van der Waals surface area contributed by atoms with Crippen LogP contribution < -0.4 is 11.2 Å². The highest BCUT2D eigenvalue weighted by Crippen LogP contribution is 2.30. The van der Waals surface area contributed by atoms with E-state index in [9.17, 15) is 13.9 Å². The van der Waals surface area contributed by atoms with Crippen LogP contribution in [0.3, 0.4) is 0 Å². The minimum atomic E-state index is -0.356. The van der Waals surface area contributed by atoms with Crippen molar-refractivity contribution < 1.29 is 13.9 Å². The Hall–Kier alpha value is -3.55. The number of hydrogen-bond acceptors (Lipinski definition) is 5. The van der Waals surface area contributed by atoms with Crippen molar-refractivity contribution in [1.29, 1.82) is 0 Å². The molecule has 0 aliphatic rings. The number of aromatic nitrogens is 1. The molecule has 0 saturated heterocycles. The average molecular weight is 422 g/mol. The van der Waals surface area contributed by atoms with E-state index < -0.39 is 0 Å². The summed E-state index contributed by atoms with van der Waals surface area (Å²) in [6.45, 7) is 4.44. The number of hydrazine groups is 1. The van der Waals surface area contributed by atoms with Gasteiger partial charge in [-0.25, -0.2) is 19.6 Å². The molecule has 4 N–H and O–H groups in total. The predicted molar refractivity (Wildman–Crippen MR) is 119 cm³/mol. The van der Waals surface area contributed by atoms with Crippen LogP contribution in [0.1, 0.15) is 16.7 Å². The Kier molecular flexibility index (Phi) is 7.48. The average Bonchev–Trinajstić information content (AvgIpc) is 2.78. The molecule has 2 aromatic carbocycles. The third kappa shape index (κ3) is 5.75. The van der Waals surface area contributed by atoms with Gasteiger partial charge in [-0.15, -0.1) is 0 Å². The van der Waals surface area contributed by atoms with E-state index in [1.165, 1.54) is 29.3 Å². The van der Waals surface area contributed by atoms with Gasteiger partial charge >= 0.3 is 0 Å². The van der Waals surface area contributed by atoms with Crippen molar-refractivity contribution in [2.45, 2.75) is 6.54 Å². The largest absolute Gasteiger partial charge is 0.394 e. The monoisotopic (exact) mass is 422 g/mol. The lowest BCUT2D eigenvalue weighted by molar-refractivity contribution is 0.246. The third-order valence-electron chi connectivity index (χ3n) is 4.66. The van der Waals surface area contributed by atoms with Gasteiger partial charge in [0.2, 0.25) is 0 Å². The smallest absolute Gasteiger partial charge is 0.126 e. The minimum Gasteiger partial charge on any atom is -0.394 e. The van der Waals surface area contributed by atoms with E-state index in [1.807, 2.05) is 12.1 Å². The second-order valence-electron chi connectivity index (χ2n) is 6.80. The van der Waals surface area contributed by atoms with Gasteiger partial charge in [-0.05, 0) is 59.7 Å². The van der Waals surface area contributed by atoms with Gasteiger partial charge in [0.25, 0.3) is 0 Å². The number of pyridine rings is 1. The number of benzene rings is 2. The highest BCUT2D eigenvalue weighted by atomic mass is 19.1. The van der Waals surface area contributed by atoms with Crippen LogP contribution in [0.2, 0.25) is 0 Å². The van der Waals surface area contributed by atoms with Gasteiger partial charge in [0.05, 0.1) is 18.8 Å². The zero-order valence-corrected chi connectivity index (χ0v) is 16.9. The summed E-state index contributed by atoms with van der Waals surface area (Å²) in [5.74, 6) is 6.18. The second-order valence-corrected chi connectivity index (χ2v) is 6.80. The van der Waals surface area contributed by atoms with Crippen molar-refractivity contribution in [3.05, 3.63) is 108 Å². The fourth-order valence-electron chi connectivity index (χ4n) is 3.14. The molecule has 5 nitrogen and oxygen atoms in total. The Morgan fingerprint density at radius 1 is 1.03 bits per heavy atom. The van der Waals surface area contributed by atoms with Gasteiger partial charge < -0.3 is 15.4 Å². The Balaban J connectivity index is 1.96. The maximum Gasteiger partial charge on any atom is 0.126 e. The first-order chi connectivity index (χ1) is 15.0. The van der Waals surface area contributed by atoms with Crippen molar-refractivity contribution in [3.8, 4) is 0 Å². The highest BCUT2D eigenvalue weighted by molar-refractivity contribution is 5.94. The summed E-state index contributed by atoms with van der Waals surface area (Å²) in [4.78, 5) is 4.34. The molecule has 0 aliphatic carbocycles. The Morgan fingerprint density at radius 3 is 2.29 bits per heavy atom. The standard InChI is InChI=1S/C24H24F2N4O/c1-2-22(24(30(27)13-14-31)18-5-9-21(26)10-6-18)19-11-12-28-23(15-19)29-16-17-3-7-20(25)8-4-17/h2-12,15,31H,1,13-14,16,27H2,(H,28,29)/b24-22+. The molecule has 0 spiro atoms. The molecule has 0 amide bonds. The van der Waals surface area contributed by atoms with Crippen molar-refractivity contribution >= 4 is 17.1 Å². The van der Waals surface area contributed by atoms with Crippen LogP contribution in [-0.4, -0.2) is 28.3 Å². The van der Waals surface area contributed by atoms with Crippen LogP contribution >= 0.6 is 0 Å². The molecule has 7 heteroatoms. The number of allylic oxidation sites excluding steroid dienone is 2. The Bertz CT molecular complexity index is 1050. The van der Waals surface area contributed by atoms with E-state index in [4.69, 9.17) is 5.84 Å². The number of halogens is 2. The van der Waals surface area contributed by atoms with Crippen LogP contribution in [0.15, 0.2) is 79.5 Å². The summed E-state index contributed by atoms with van der Waals surface area (Å²) < 4.78 is 26.5. The van der Waals surface area contributed by atoms with Crippen molar-refractivity contribution in [1.82, 2.24) is 9.99 Å². The quantitative estimate of drug-likeness (QED) is 0.274. The molecule has 3 aromatic rings. The molecule has 160 valence electrons. The lowest BCUT2D eigenvalue weighted by Gasteiger charge is -2.24. The number of aliphatic hydroxyl groups excluding tert-OH is 1. The third-order valence-corrected chi connectivity index (χ3v) is 4.66.